The van der Waals surface area contributed by atoms with Crippen LogP contribution in [0.25, 0.3) is 11.1 Å². The van der Waals surface area contributed by atoms with Gasteiger partial charge in [0, 0.05) is 16.8 Å². The molecule has 1 amide bonds. The quantitative estimate of drug-likeness (QED) is 0.922. The van der Waals surface area contributed by atoms with Gasteiger partial charge in [0.05, 0.1) is 0 Å². The third kappa shape index (κ3) is 3.98. The van der Waals surface area contributed by atoms with E-state index in [2.05, 4.69) is 4.98 Å². The summed E-state index contributed by atoms with van der Waals surface area (Å²) in [5.74, 6) is -0.873. The summed E-state index contributed by atoms with van der Waals surface area (Å²) in [7, 11) is 0. The largest absolute Gasteiger partial charge is 0.408 e. The molecule has 0 radical (unpaired) electrons. The smallest absolute Gasteiger partial charge is 0.339 e. The van der Waals surface area contributed by atoms with Crippen molar-refractivity contribution in [3.8, 4) is 11.1 Å². The number of aromatic nitrogens is 1. The average Bonchev–Trinajstić information content (AvgIpc) is 2.46. The van der Waals surface area contributed by atoms with Gasteiger partial charge in [0.1, 0.15) is 11.7 Å². The number of carbonyl (C=O) groups excluding carboxylic acids is 1. The van der Waals surface area contributed by atoms with Gasteiger partial charge in [0.15, 0.2) is 0 Å². The number of nitrogens with zero attached hydrogens (tertiary/aromatic N) is 1. The molecule has 0 bridgehead atoms. The van der Waals surface area contributed by atoms with E-state index >= 15 is 0 Å². The lowest BCUT2D eigenvalue weighted by Crippen LogP contribution is -2.43. The van der Waals surface area contributed by atoms with Gasteiger partial charge in [-0.3, -0.25) is 9.78 Å². The molecule has 1 unspecified atom stereocenters. The maximum absolute atomic E-state index is 12.4. The molecule has 0 aliphatic heterocycles. The van der Waals surface area contributed by atoms with E-state index in [0.717, 1.165) is 12.5 Å². The third-order valence-electron chi connectivity index (χ3n) is 2.99. The van der Waals surface area contributed by atoms with E-state index in [1.165, 1.54) is 12.3 Å². The molecule has 1 atom stereocenters. The van der Waals surface area contributed by atoms with Crippen LogP contribution in [-0.2, 0) is 0 Å². The molecule has 0 fully saturated rings. The van der Waals surface area contributed by atoms with Crippen LogP contribution in [0.3, 0.4) is 0 Å². The highest BCUT2D eigenvalue weighted by Gasteiger charge is 2.37. The maximum Gasteiger partial charge on any atom is 0.408 e. The van der Waals surface area contributed by atoms with Gasteiger partial charge in [-0.2, -0.15) is 13.2 Å². The molecule has 1 aromatic carbocycles. The summed E-state index contributed by atoms with van der Waals surface area (Å²) in [6, 6.07) is 8.07. The van der Waals surface area contributed by atoms with Crippen LogP contribution in [0.1, 0.15) is 17.4 Å². The summed E-state index contributed by atoms with van der Waals surface area (Å²) >= 11 is 5.89. The first kappa shape index (κ1) is 16.3. The second-order valence-corrected chi connectivity index (χ2v) is 5.12. The minimum absolute atomic E-state index is 0.0816. The molecule has 2 rings (SSSR count). The van der Waals surface area contributed by atoms with Crippen LogP contribution in [0.5, 0.6) is 0 Å². The Bertz CT molecular complexity index is 671. The maximum atomic E-state index is 12.4. The lowest BCUT2D eigenvalue weighted by atomic mass is 10.1. The average molecular weight is 329 g/mol. The first-order chi connectivity index (χ1) is 10.3. The molecule has 0 saturated carbocycles. The number of benzene rings is 1. The van der Waals surface area contributed by atoms with Gasteiger partial charge >= 0.3 is 6.18 Å². The monoisotopic (exact) mass is 328 g/mol. The molecule has 3 nitrogen and oxygen atoms in total. The molecule has 0 aliphatic carbocycles. The van der Waals surface area contributed by atoms with E-state index in [-0.39, 0.29) is 5.69 Å². The summed E-state index contributed by atoms with van der Waals surface area (Å²) in [5.41, 5.74) is 1.43. The highest BCUT2D eigenvalue weighted by molar-refractivity contribution is 6.30. The Morgan fingerprint density at radius 3 is 2.50 bits per heavy atom. The third-order valence-corrected chi connectivity index (χ3v) is 3.23. The number of carbonyl (C=O) groups is 1. The molecular formula is C15H12ClF3N2O. The number of hydrogen-bond acceptors (Lipinski definition) is 2. The van der Waals surface area contributed by atoms with Crippen LogP contribution >= 0.6 is 11.6 Å². The van der Waals surface area contributed by atoms with Crippen molar-refractivity contribution in [1.82, 2.24) is 10.3 Å². The predicted octanol–water partition coefficient (Wildman–Crippen LogP) is 4.08. The lowest BCUT2D eigenvalue weighted by Gasteiger charge is -2.16. The van der Waals surface area contributed by atoms with Crippen molar-refractivity contribution in [1.29, 1.82) is 0 Å². The zero-order valence-electron chi connectivity index (χ0n) is 11.5. The number of halogens is 4. The van der Waals surface area contributed by atoms with Crippen LogP contribution in [0.2, 0.25) is 5.02 Å². The van der Waals surface area contributed by atoms with Crippen LogP contribution < -0.4 is 5.32 Å². The van der Waals surface area contributed by atoms with Crippen molar-refractivity contribution in [2.24, 2.45) is 0 Å². The fourth-order valence-corrected chi connectivity index (χ4v) is 1.91. The fourth-order valence-electron chi connectivity index (χ4n) is 1.72. The van der Waals surface area contributed by atoms with Crippen molar-refractivity contribution in [3.63, 3.8) is 0 Å². The van der Waals surface area contributed by atoms with E-state index < -0.39 is 18.1 Å². The molecule has 0 spiro atoms. The molecule has 1 heterocycles. The standard InChI is InChI=1S/C15H12ClF3N2O/c1-9(15(17,18)19)21-14(22)13-6-5-11(8-20-13)10-3-2-4-12(16)7-10/h2-9H,1H3,(H,21,22). The normalized spacial score (nSPS) is 12.8. The summed E-state index contributed by atoms with van der Waals surface area (Å²) in [5, 5.41) is 2.41. The summed E-state index contributed by atoms with van der Waals surface area (Å²) in [6.07, 6.45) is -3.07. The van der Waals surface area contributed by atoms with Gasteiger partial charge in [0.25, 0.3) is 5.91 Å². The Balaban J connectivity index is 2.14. The molecule has 1 aromatic heterocycles. The molecule has 22 heavy (non-hydrogen) atoms. The van der Waals surface area contributed by atoms with Crippen LogP contribution in [0, 0.1) is 0 Å². The molecule has 7 heteroatoms. The molecule has 0 saturated heterocycles. The van der Waals surface area contributed by atoms with Crippen LogP contribution in [0.4, 0.5) is 13.2 Å². The molecule has 0 aliphatic rings. The van der Waals surface area contributed by atoms with Crippen molar-refractivity contribution in [2.75, 3.05) is 0 Å². The van der Waals surface area contributed by atoms with E-state index in [1.807, 2.05) is 11.4 Å². The number of alkyl halides is 3. The molecular weight excluding hydrogens is 317 g/mol. The van der Waals surface area contributed by atoms with Gasteiger partial charge in [0.2, 0.25) is 0 Å². The second-order valence-electron chi connectivity index (χ2n) is 4.68. The van der Waals surface area contributed by atoms with Gasteiger partial charge < -0.3 is 5.32 Å². The lowest BCUT2D eigenvalue weighted by molar-refractivity contribution is -0.149. The van der Waals surface area contributed by atoms with Crippen molar-refractivity contribution in [2.45, 2.75) is 19.1 Å². The van der Waals surface area contributed by atoms with Crippen molar-refractivity contribution >= 4 is 17.5 Å². The summed E-state index contributed by atoms with van der Waals surface area (Å²) < 4.78 is 37.2. The summed E-state index contributed by atoms with van der Waals surface area (Å²) in [4.78, 5) is 15.6. The van der Waals surface area contributed by atoms with E-state index in [1.54, 1.807) is 24.3 Å². The Labute approximate surface area is 130 Å². The Hall–Kier alpha value is -2.08. The van der Waals surface area contributed by atoms with Gasteiger partial charge in [-0.25, -0.2) is 0 Å². The molecule has 116 valence electrons. The number of rotatable bonds is 3. The minimum atomic E-state index is -4.49. The number of nitrogens with one attached hydrogen (secondary N) is 1. The topological polar surface area (TPSA) is 42.0 Å². The number of pyridine rings is 1. The number of hydrogen-bond donors (Lipinski definition) is 1. The Kier molecular flexibility index (Phi) is 4.71. The van der Waals surface area contributed by atoms with E-state index in [0.29, 0.717) is 10.6 Å². The van der Waals surface area contributed by atoms with E-state index in [4.69, 9.17) is 11.6 Å². The SMILES string of the molecule is CC(NC(=O)c1ccc(-c2cccc(Cl)c2)cn1)C(F)(F)F. The highest BCUT2D eigenvalue weighted by atomic mass is 35.5. The van der Waals surface area contributed by atoms with Crippen molar-refractivity contribution in [3.05, 3.63) is 53.3 Å². The Morgan fingerprint density at radius 2 is 1.95 bits per heavy atom. The van der Waals surface area contributed by atoms with Gasteiger partial charge in [-0.15, -0.1) is 0 Å². The zero-order valence-corrected chi connectivity index (χ0v) is 12.2. The van der Waals surface area contributed by atoms with Crippen LogP contribution in [0.15, 0.2) is 42.6 Å². The van der Waals surface area contributed by atoms with Crippen molar-refractivity contribution < 1.29 is 18.0 Å². The van der Waals surface area contributed by atoms with Crippen LogP contribution in [-0.4, -0.2) is 23.1 Å². The highest BCUT2D eigenvalue weighted by Crippen LogP contribution is 2.22. The first-order valence-electron chi connectivity index (χ1n) is 6.37. The molecule has 1 N–H and O–H groups in total. The fraction of sp³-hybridized carbons (Fsp3) is 0.200. The van der Waals surface area contributed by atoms with E-state index in [9.17, 15) is 18.0 Å². The predicted molar refractivity (Wildman–Crippen MR) is 77.7 cm³/mol. The van der Waals surface area contributed by atoms with Gasteiger partial charge in [-0.05, 0) is 30.7 Å². The first-order valence-corrected chi connectivity index (χ1v) is 6.75. The van der Waals surface area contributed by atoms with Gasteiger partial charge in [-0.1, -0.05) is 29.8 Å². The zero-order chi connectivity index (χ0) is 16.3. The number of amides is 1. The minimum Gasteiger partial charge on any atom is -0.339 e. The second kappa shape index (κ2) is 6.36. The molecule has 2 aromatic rings. The summed E-state index contributed by atoms with van der Waals surface area (Å²) in [6.45, 7) is 0.873. The Morgan fingerprint density at radius 1 is 1.23 bits per heavy atom.